The molecular formula is C24H25NO7. The van der Waals surface area contributed by atoms with Crippen molar-refractivity contribution in [3.63, 3.8) is 0 Å². The van der Waals surface area contributed by atoms with E-state index < -0.39 is 48.1 Å². The van der Waals surface area contributed by atoms with E-state index in [9.17, 15) is 24.3 Å². The van der Waals surface area contributed by atoms with Crippen LogP contribution in [-0.2, 0) is 28.7 Å². The molecule has 0 radical (unpaired) electrons. The third-order valence-electron chi connectivity index (χ3n) is 5.34. The summed E-state index contributed by atoms with van der Waals surface area (Å²) < 4.78 is 9.85. The maximum atomic E-state index is 13.3. The van der Waals surface area contributed by atoms with Crippen LogP contribution >= 0.6 is 0 Å². The molecule has 0 heterocycles. The Morgan fingerprint density at radius 1 is 0.906 bits per heavy atom. The molecule has 1 amide bonds. The number of hydrogen-bond donors (Lipinski definition) is 2. The third-order valence-corrected chi connectivity index (χ3v) is 5.34. The molecule has 0 saturated heterocycles. The molecule has 2 aromatic rings. The zero-order valence-electron chi connectivity index (χ0n) is 17.9. The third kappa shape index (κ3) is 4.64. The summed E-state index contributed by atoms with van der Waals surface area (Å²) in [7, 11) is 0. The van der Waals surface area contributed by atoms with Gasteiger partial charge in [0.15, 0.2) is 0 Å². The van der Waals surface area contributed by atoms with Crippen LogP contribution < -0.4 is 5.32 Å². The Morgan fingerprint density at radius 3 is 1.94 bits per heavy atom. The minimum Gasteiger partial charge on any atom is -0.480 e. The van der Waals surface area contributed by atoms with Crippen molar-refractivity contribution in [3.8, 4) is 11.1 Å². The first-order chi connectivity index (χ1) is 15.4. The smallest absolute Gasteiger partial charge is 0.327 e. The second-order valence-electron chi connectivity index (χ2n) is 7.30. The van der Waals surface area contributed by atoms with E-state index in [0.717, 1.165) is 22.3 Å². The molecule has 0 aliphatic heterocycles. The van der Waals surface area contributed by atoms with Gasteiger partial charge in [0.05, 0.1) is 31.5 Å². The molecule has 0 spiro atoms. The van der Waals surface area contributed by atoms with Gasteiger partial charge in [0, 0.05) is 0 Å². The summed E-state index contributed by atoms with van der Waals surface area (Å²) in [6, 6.07) is 13.1. The largest absolute Gasteiger partial charge is 0.480 e. The van der Waals surface area contributed by atoms with Gasteiger partial charge in [-0.05, 0) is 36.1 Å². The fourth-order valence-corrected chi connectivity index (χ4v) is 4.00. The number of carbonyl (C=O) groups is 4. The first-order valence-corrected chi connectivity index (χ1v) is 10.4. The van der Waals surface area contributed by atoms with Crippen molar-refractivity contribution in [1.82, 2.24) is 5.32 Å². The lowest BCUT2D eigenvalue weighted by Gasteiger charge is -2.24. The average molecular weight is 439 g/mol. The maximum absolute atomic E-state index is 13.3. The van der Waals surface area contributed by atoms with Gasteiger partial charge in [0.25, 0.3) is 0 Å². The zero-order valence-corrected chi connectivity index (χ0v) is 17.9. The minimum atomic E-state index is -1.66. The lowest BCUT2D eigenvalue weighted by atomic mass is 9.92. The first kappa shape index (κ1) is 23.0. The van der Waals surface area contributed by atoms with Gasteiger partial charge >= 0.3 is 17.9 Å². The molecular weight excluding hydrogens is 414 g/mol. The van der Waals surface area contributed by atoms with Crippen molar-refractivity contribution in [2.75, 3.05) is 13.2 Å². The summed E-state index contributed by atoms with van der Waals surface area (Å²) in [5.41, 5.74) is 3.27. The van der Waals surface area contributed by atoms with Crippen LogP contribution in [0.25, 0.3) is 11.1 Å². The minimum absolute atomic E-state index is 0.00181. The van der Waals surface area contributed by atoms with Gasteiger partial charge in [-0.2, -0.15) is 0 Å². The number of esters is 2. The van der Waals surface area contributed by atoms with Gasteiger partial charge in [-0.15, -0.1) is 0 Å². The van der Waals surface area contributed by atoms with E-state index in [0.29, 0.717) is 0 Å². The van der Waals surface area contributed by atoms with Gasteiger partial charge in [-0.3, -0.25) is 14.4 Å². The van der Waals surface area contributed by atoms with Crippen LogP contribution in [0.3, 0.4) is 0 Å². The van der Waals surface area contributed by atoms with Crippen LogP contribution in [0.15, 0.2) is 48.5 Å². The quantitative estimate of drug-likeness (QED) is 0.576. The number of aliphatic carboxylic acids is 1. The molecule has 32 heavy (non-hydrogen) atoms. The molecule has 2 atom stereocenters. The molecule has 8 nitrogen and oxygen atoms in total. The number of benzene rings is 2. The summed E-state index contributed by atoms with van der Waals surface area (Å²) in [5, 5.41) is 12.3. The number of hydrogen-bond acceptors (Lipinski definition) is 6. The van der Waals surface area contributed by atoms with Crippen molar-refractivity contribution in [1.29, 1.82) is 0 Å². The number of carboxylic acid groups (broad SMARTS) is 1. The molecule has 2 N–H and O–H groups in total. The fourth-order valence-electron chi connectivity index (χ4n) is 4.00. The van der Waals surface area contributed by atoms with E-state index in [1.807, 2.05) is 48.5 Å². The Bertz CT molecular complexity index is 987. The Hall–Kier alpha value is -3.68. The highest BCUT2D eigenvalue weighted by atomic mass is 16.5. The van der Waals surface area contributed by atoms with Crippen LogP contribution in [0, 0.1) is 5.92 Å². The van der Waals surface area contributed by atoms with Gasteiger partial charge in [0.2, 0.25) is 5.91 Å². The number of rotatable bonds is 9. The average Bonchev–Trinajstić information content (AvgIpc) is 3.11. The highest BCUT2D eigenvalue weighted by Crippen LogP contribution is 2.44. The monoisotopic (exact) mass is 439 g/mol. The normalized spacial score (nSPS) is 13.9. The fraction of sp³-hybridized carbons (Fsp3) is 0.333. The Kier molecular flexibility index (Phi) is 7.25. The summed E-state index contributed by atoms with van der Waals surface area (Å²) in [5.74, 6) is -5.83. The van der Waals surface area contributed by atoms with Crippen molar-refractivity contribution in [2.45, 2.75) is 32.2 Å². The Balaban J connectivity index is 1.92. The number of amides is 1. The van der Waals surface area contributed by atoms with E-state index in [4.69, 9.17) is 9.47 Å². The van der Waals surface area contributed by atoms with Crippen LogP contribution in [0.1, 0.15) is 37.3 Å². The summed E-state index contributed by atoms with van der Waals surface area (Å²) in [4.78, 5) is 49.9. The summed E-state index contributed by atoms with van der Waals surface area (Å²) in [6.07, 6.45) is -0.526. The number of ether oxygens (including phenoxy) is 2. The Labute approximate surface area is 185 Å². The second-order valence-corrected chi connectivity index (χ2v) is 7.30. The van der Waals surface area contributed by atoms with E-state index >= 15 is 0 Å². The Morgan fingerprint density at radius 2 is 1.44 bits per heavy atom. The summed E-state index contributed by atoms with van der Waals surface area (Å²) in [6.45, 7) is 3.25. The SMILES string of the molecule is CCOC(=O)C[C@@H](C(=O)OCC)[C@H](NC(=O)C1c2ccccc2-c2ccccc21)C(=O)O. The predicted octanol–water partition coefficient (Wildman–Crippen LogP) is 2.50. The molecule has 1 aliphatic carbocycles. The van der Waals surface area contributed by atoms with Crippen LogP contribution in [-0.4, -0.2) is 48.2 Å². The molecule has 0 fully saturated rings. The highest BCUT2D eigenvalue weighted by Gasteiger charge is 2.41. The van der Waals surface area contributed by atoms with Gasteiger partial charge in [-0.25, -0.2) is 4.79 Å². The molecule has 1 aliphatic rings. The maximum Gasteiger partial charge on any atom is 0.327 e. The first-order valence-electron chi connectivity index (χ1n) is 10.4. The standard InChI is InChI=1S/C24H25NO7/c1-3-31-19(26)13-18(24(30)32-4-2)21(23(28)29)25-22(27)20-16-11-7-5-9-14(16)15-10-6-8-12-17(15)20/h5-12,18,20-21H,3-4,13H2,1-2H3,(H,25,27)(H,28,29)/t18-,21+/m1/s1. The van der Waals surface area contributed by atoms with Crippen molar-refractivity contribution < 1.29 is 33.8 Å². The molecule has 0 bridgehead atoms. The van der Waals surface area contributed by atoms with E-state index in [2.05, 4.69) is 5.32 Å². The molecule has 2 aromatic carbocycles. The molecule has 3 rings (SSSR count). The van der Waals surface area contributed by atoms with Crippen molar-refractivity contribution >= 4 is 23.8 Å². The zero-order chi connectivity index (χ0) is 23.3. The van der Waals surface area contributed by atoms with Crippen molar-refractivity contribution in [3.05, 3.63) is 59.7 Å². The molecule has 8 heteroatoms. The number of carboxylic acids is 1. The predicted molar refractivity (Wildman–Crippen MR) is 115 cm³/mol. The second kappa shape index (κ2) is 10.1. The molecule has 0 unspecified atom stereocenters. The van der Waals surface area contributed by atoms with E-state index in [-0.39, 0.29) is 13.2 Å². The van der Waals surface area contributed by atoms with Crippen LogP contribution in [0.5, 0.6) is 0 Å². The van der Waals surface area contributed by atoms with Gasteiger partial charge in [-0.1, -0.05) is 48.5 Å². The lowest BCUT2D eigenvalue weighted by Crippen LogP contribution is -2.51. The number of carbonyl (C=O) groups excluding carboxylic acids is 3. The molecule has 0 aromatic heterocycles. The number of nitrogens with one attached hydrogen (secondary N) is 1. The van der Waals surface area contributed by atoms with E-state index in [1.54, 1.807) is 13.8 Å². The molecule has 0 saturated carbocycles. The van der Waals surface area contributed by atoms with Gasteiger partial charge < -0.3 is 19.9 Å². The number of fused-ring (bicyclic) bond motifs is 3. The van der Waals surface area contributed by atoms with Crippen molar-refractivity contribution in [2.24, 2.45) is 5.92 Å². The van der Waals surface area contributed by atoms with Gasteiger partial charge in [0.1, 0.15) is 6.04 Å². The molecule has 168 valence electrons. The topological polar surface area (TPSA) is 119 Å². The van der Waals surface area contributed by atoms with E-state index in [1.165, 1.54) is 0 Å². The lowest BCUT2D eigenvalue weighted by molar-refractivity contribution is -0.160. The van der Waals surface area contributed by atoms with Crippen LogP contribution in [0.4, 0.5) is 0 Å². The van der Waals surface area contributed by atoms with Crippen LogP contribution in [0.2, 0.25) is 0 Å². The summed E-state index contributed by atoms with van der Waals surface area (Å²) >= 11 is 0. The highest BCUT2D eigenvalue weighted by molar-refractivity contribution is 5.98.